The fourth-order valence-corrected chi connectivity index (χ4v) is 3.42. The van der Waals surface area contributed by atoms with Crippen molar-refractivity contribution < 1.29 is 4.79 Å². The number of carbonyl (C=O) groups excluding carboxylic acids is 1. The predicted octanol–water partition coefficient (Wildman–Crippen LogP) is 3.63. The molecule has 2 aromatic carbocycles. The molecule has 7 heteroatoms. The summed E-state index contributed by atoms with van der Waals surface area (Å²) in [7, 11) is 0. The second kappa shape index (κ2) is 6.76. The van der Waals surface area contributed by atoms with Crippen LogP contribution in [0.15, 0.2) is 53.7 Å². The van der Waals surface area contributed by atoms with E-state index < -0.39 is 0 Å². The van der Waals surface area contributed by atoms with E-state index in [4.69, 9.17) is 0 Å². The number of carbonyl (C=O) groups is 1. The molecule has 4 rings (SSSR count). The van der Waals surface area contributed by atoms with Crippen molar-refractivity contribution in [3.63, 3.8) is 0 Å². The van der Waals surface area contributed by atoms with Crippen molar-refractivity contribution in [1.29, 1.82) is 0 Å². The standard InChI is InChI=1S/C19H17N5OS/c1-12-9-13(2)24-18(20-12)22-19(23-24)26-11-17(25)21-16-8-7-14-5-3-4-6-15(14)10-16/h3-10H,11H2,1-2H3,(H,21,25). The third-order valence-corrected chi connectivity index (χ3v) is 4.80. The molecule has 0 aliphatic carbocycles. The number of nitrogens with zero attached hydrogens (tertiary/aromatic N) is 4. The zero-order chi connectivity index (χ0) is 18.1. The van der Waals surface area contributed by atoms with Gasteiger partial charge in [0.25, 0.3) is 5.78 Å². The van der Waals surface area contributed by atoms with Gasteiger partial charge in [0.15, 0.2) is 0 Å². The minimum absolute atomic E-state index is 0.0926. The molecule has 130 valence electrons. The third kappa shape index (κ3) is 3.39. The summed E-state index contributed by atoms with van der Waals surface area (Å²) in [6.07, 6.45) is 0. The van der Waals surface area contributed by atoms with Crippen molar-refractivity contribution >= 4 is 39.9 Å². The summed E-state index contributed by atoms with van der Waals surface area (Å²) >= 11 is 1.30. The predicted molar refractivity (Wildman–Crippen MR) is 104 cm³/mol. The maximum Gasteiger partial charge on any atom is 0.253 e. The Morgan fingerprint density at radius 2 is 1.88 bits per heavy atom. The van der Waals surface area contributed by atoms with Gasteiger partial charge < -0.3 is 5.32 Å². The molecule has 0 atom stereocenters. The molecule has 4 aromatic rings. The van der Waals surface area contributed by atoms with Crippen LogP contribution in [0.1, 0.15) is 11.4 Å². The Bertz CT molecular complexity index is 1120. The Labute approximate surface area is 154 Å². The highest BCUT2D eigenvalue weighted by Gasteiger charge is 2.11. The van der Waals surface area contributed by atoms with E-state index in [0.29, 0.717) is 10.9 Å². The monoisotopic (exact) mass is 363 g/mol. The lowest BCUT2D eigenvalue weighted by atomic mass is 10.1. The number of benzene rings is 2. The quantitative estimate of drug-likeness (QED) is 0.561. The van der Waals surface area contributed by atoms with Gasteiger partial charge in [-0.05, 0) is 42.8 Å². The molecule has 26 heavy (non-hydrogen) atoms. The van der Waals surface area contributed by atoms with Gasteiger partial charge in [-0.2, -0.15) is 4.98 Å². The topological polar surface area (TPSA) is 72.2 Å². The smallest absolute Gasteiger partial charge is 0.253 e. The first-order valence-electron chi connectivity index (χ1n) is 8.21. The minimum Gasteiger partial charge on any atom is -0.325 e. The number of aromatic nitrogens is 4. The van der Waals surface area contributed by atoms with E-state index in [-0.39, 0.29) is 11.7 Å². The maximum atomic E-state index is 12.2. The molecule has 0 saturated heterocycles. The number of thioether (sulfide) groups is 1. The van der Waals surface area contributed by atoms with E-state index in [1.54, 1.807) is 4.52 Å². The molecule has 0 aliphatic heterocycles. The van der Waals surface area contributed by atoms with Crippen LogP contribution in [0, 0.1) is 13.8 Å². The number of aryl methyl sites for hydroxylation is 2. The van der Waals surface area contributed by atoms with Crippen LogP contribution in [0.25, 0.3) is 16.6 Å². The van der Waals surface area contributed by atoms with E-state index in [1.807, 2.05) is 62.4 Å². The van der Waals surface area contributed by atoms with Crippen molar-refractivity contribution in [3.05, 3.63) is 59.9 Å². The Hall–Kier alpha value is -2.93. The van der Waals surface area contributed by atoms with Crippen molar-refractivity contribution in [2.24, 2.45) is 0 Å². The largest absolute Gasteiger partial charge is 0.325 e. The average Bonchev–Trinajstić information content (AvgIpc) is 3.03. The second-order valence-corrected chi connectivity index (χ2v) is 6.99. The third-order valence-electron chi connectivity index (χ3n) is 3.96. The van der Waals surface area contributed by atoms with Crippen LogP contribution < -0.4 is 5.32 Å². The SMILES string of the molecule is Cc1cc(C)n2nc(SCC(=O)Nc3ccc4ccccc4c3)nc2n1. The lowest BCUT2D eigenvalue weighted by Gasteiger charge is -2.05. The van der Waals surface area contributed by atoms with Crippen molar-refractivity contribution in [1.82, 2.24) is 19.6 Å². The first kappa shape index (κ1) is 16.5. The Morgan fingerprint density at radius 1 is 1.08 bits per heavy atom. The molecule has 1 amide bonds. The van der Waals surface area contributed by atoms with Crippen LogP contribution in [0.2, 0.25) is 0 Å². The molecular formula is C19H17N5OS. The van der Waals surface area contributed by atoms with Crippen LogP contribution in [-0.2, 0) is 4.79 Å². The molecule has 0 spiro atoms. The number of amides is 1. The summed E-state index contributed by atoms with van der Waals surface area (Å²) in [5.74, 6) is 0.701. The zero-order valence-electron chi connectivity index (χ0n) is 14.4. The van der Waals surface area contributed by atoms with Gasteiger partial charge in [0.2, 0.25) is 11.1 Å². The van der Waals surface area contributed by atoms with E-state index in [9.17, 15) is 4.79 Å². The first-order chi connectivity index (χ1) is 12.6. The second-order valence-electron chi connectivity index (χ2n) is 6.04. The van der Waals surface area contributed by atoms with Crippen molar-refractivity contribution in [2.45, 2.75) is 19.0 Å². The van der Waals surface area contributed by atoms with Crippen LogP contribution in [-0.4, -0.2) is 31.2 Å². The molecule has 0 bridgehead atoms. The summed E-state index contributed by atoms with van der Waals surface area (Å²) in [5.41, 5.74) is 2.64. The Morgan fingerprint density at radius 3 is 2.73 bits per heavy atom. The van der Waals surface area contributed by atoms with E-state index in [2.05, 4.69) is 20.4 Å². The number of rotatable bonds is 4. The molecule has 0 radical (unpaired) electrons. The molecule has 0 aliphatic rings. The van der Waals surface area contributed by atoms with Crippen molar-refractivity contribution in [2.75, 3.05) is 11.1 Å². The zero-order valence-corrected chi connectivity index (χ0v) is 15.2. The first-order valence-corrected chi connectivity index (χ1v) is 9.19. The highest BCUT2D eigenvalue weighted by molar-refractivity contribution is 7.99. The van der Waals surface area contributed by atoms with Gasteiger partial charge in [0.1, 0.15) is 0 Å². The maximum absolute atomic E-state index is 12.2. The van der Waals surface area contributed by atoms with Gasteiger partial charge in [0.05, 0.1) is 5.75 Å². The van der Waals surface area contributed by atoms with Gasteiger partial charge >= 0.3 is 0 Å². The molecule has 2 aromatic heterocycles. The van der Waals surface area contributed by atoms with Gasteiger partial charge in [-0.1, -0.05) is 42.1 Å². The summed E-state index contributed by atoms with van der Waals surface area (Å²) in [6.45, 7) is 3.88. The molecule has 2 heterocycles. The van der Waals surface area contributed by atoms with Crippen LogP contribution >= 0.6 is 11.8 Å². The van der Waals surface area contributed by atoms with Gasteiger partial charge in [-0.25, -0.2) is 9.50 Å². The number of anilines is 1. The summed E-state index contributed by atoms with van der Waals surface area (Å²) in [5, 5.41) is 10.1. The Kier molecular flexibility index (Phi) is 4.30. The Balaban J connectivity index is 1.44. The summed E-state index contributed by atoms with van der Waals surface area (Å²) in [4.78, 5) is 21.0. The number of nitrogens with one attached hydrogen (secondary N) is 1. The lowest BCUT2D eigenvalue weighted by molar-refractivity contribution is -0.113. The average molecular weight is 363 g/mol. The molecule has 1 N–H and O–H groups in total. The minimum atomic E-state index is -0.0926. The summed E-state index contributed by atoms with van der Waals surface area (Å²) < 4.78 is 1.69. The normalized spacial score (nSPS) is 11.2. The number of fused-ring (bicyclic) bond motifs is 2. The van der Waals surface area contributed by atoms with Crippen LogP contribution in [0.5, 0.6) is 0 Å². The van der Waals surface area contributed by atoms with E-state index in [0.717, 1.165) is 27.8 Å². The fraction of sp³-hybridized carbons (Fsp3) is 0.158. The van der Waals surface area contributed by atoms with Crippen LogP contribution in [0.3, 0.4) is 0 Å². The van der Waals surface area contributed by atoms with Crippen molar-refractivity contribution in [3.8, 4) is 0 Å². The van der Waals surface area contributed by atoms with Gasteiger partial charge in [0, 0.05) is 17.1 Å². The number of hydrogen-bond acceptors (Lipinski definition) is 5. The molecule has 0 saturated carbocycles. The summed E-state index contributed by atoms with van der Waals surface area (Å²) in [6, 6.07) is 15.9. The number of hydrogen-bond donors (Lipinski definition) is 1. The lowest BCUT2D eigenvalue weighted by Crippen LogP contribution is -2.14. The molecule has 6 nitrogen and oxygen atoms in total. The van der Waals surface area contributed by atoms with Gasteiger partial charge in [-0.15, -0.1) is 5.10 Å². The highest BCUT2D eigenvalue weighted by Crippen LogP contribution is 2.20. The van der Waals surface area contributed by atoms with Gasteiger partial charge in [-0.3, -0.25) is 4.79 Å². The van der Waals surface area contributed by atoms with Crippen LogP contribution in [0.4, 0.5) is 5.69 Å². The highest BCUT2D eigenvalue weighted by atomic mass is 32.2. The van der Waals surface area contributed by atoms with E-state index >= 15 is 0 Å². The van der Waals surface area contributed by atoms with E-state index in [1.165, 1.54) is 11.8 Å². The fourth-order valence-electron chi connectivity index (χ4n) is 2.80. The molecular weight excluding hydrogens is 346 g/mol. The molecule has 0 fully saturated rings. The molecule has 0 unspecified atom stereocenters.